The van der Waals surface area contributed by atoms with Gasteiger partial charge in [-0.25, -0.2) is 6.57 Å². The van der Waals surface area contributed by atoms with Crippen molar-refractivity contribution in [2.75, 3.05) is 19.8 Å². The van der Waals surface area contributed by atoms with Gasteiger partial charge in [-0.2, -0.15) is 0 Å². The molecule has 1 saturated heterocycles. The molecule has 1 aromatic rings. The molecular weight excluding hydrogens is 446 g/mol. The molecule has 0 aliphatic carbocycles. The van der Waals surface area contributed by atoms with E-state index in [2.05, 4.69) is 4.85 Å². The molecule has 1 fully saturated rings. The first-order chi connectivity index (χ1) is 16.4. The van der Waals surface area contributed by atoms with Gasteiger partial charge in [-0.05, 0) is 52.0 Å². The predicted molar refractivity (Wildman–Crippen MR) is 133 cm³/mol. The number of aryl methyl sites for hydroxylation is 1. The van der Waals surface area contributed by atoms with Gasteiger partial charge in [0, 0.05) is 20.3 Å². The molecule has 0 amide bonds. The Morgan fingerprint density at radius 3 is 2.34 bits per heavy atom. The maximum absolute atomic E-state index is 13.5. The van der Waals surface area contributed by atoms with Crippen LogP contribution in [0.1, 0.15) is 72.8 Å². The minimum atomic E-state index is -1.10. The summed E-state index contributed by atoms with van der Waals surface area (Å²) in [7, 11) is 0. The first kappa shape index (κ1) is 28.8. The van der Waals surface area contributed by atoms with Gasteiger partial charge in [0.05, 0.1) is 24.0 Å². The summed E-state index contributed by atoms with van der Waals surface area (Å²) in [6, 6.07) is 9.92. The second-order valence-corrected chi connectivity index (χ2v) is 10.8. The van der Waals surface area contributed by atoms with Crippen molar-refractivity contribution in [1.29, 1.82) is 0 Å². The Balaban J connectivity index is 2.31. The zero-order valence-electron chi connectivity index (χ0n) is 22.1. The molecule has 0 radical (unpaired) electrons. The molecule has 0 N–H and O–H groups in total. The van der Waals surface area contributed by atoms with E-state index in [0.717, 1.165) is 12.0 Å². The molecule has 2 rings (SSSR count). The number of esters is 2. The van der Waals surface area contributed by atoms with E-state index in [-0.39, 0.29) is 31.5 Å². The molecule has 4 atom stereocenters. The van der Waals surface area contributed by atoms with Gasteiger partial charge in [-0.1, -0.05) is 37.3 Å². The second-order valence-electron chi connectivity index (χ2n) is 10.8. The van der Waals surface area contributed by atoms with Gasteiger partial charge in [0.1, 0.15) is 12.7 Å². The SMILES string of the molecule is [C-]#[N+]C(C)(C)CC(C)(CC(C)(CCc1ccccc1)C(=O)OCC1CO1)C(=O)OC(C)OCCC. The molecule has 0 bridgehead atoms. The average Bonchev–Trinajstić information content (AvgIpc) is 3.64. The monoisotopic (exact) mass is 487 g/mol. The highest BCUT2D eigenvalue weighted by Crippen LogP contribution is 2.45. The fraction of sp³-hybridized carbons (Fsp3) is 0.679. The quantitative estimate of drug-likeness (QED) is 0.143. The third-order valence-corrected chi connectivity index (χ3v) is 6.33. The van der Waals surface area contributed by atoms with Crippen LogP contribution in [0, 0.1) is 17.4 Å². The average molecular weight is 488 g/mol. The van der Waals surface area contributed by atoms with E-state index < -0.39 is 28.6 Å². The Hall–Kier alpha value is -2.43. The number of hydrogen-bond acceptors (Lipinski definition) is 6. The van der Waals surface area contributed by atoms with Crippen LogP contribution >= 0.6 is 0 Å². The molecule has 7 heteroatoms. The Labute approximate surface area is 210 Å². The molecule has 1 heterocycles. The van der Waals surface area contributed by atoms with Crippen LogP contribution in [0.5, 0.6) is 0 Å². The van der Waals surface area contributed by atoms with Gasteiger partial charge in [0.2, 0.25) is 5.54 Å². The molecule has 1 aliphatic rings. The summed E-state index contributed by atoms with van der Waals surface area (Å²) in [4.78, 5) is 30.6. The number of nitrogens with zero attached hydrogens (tertiary/aromatic N) is 1. The van der Waals surface area contributed by atoms with Crippen molar-refractivity contribution in [2.24, 2.45) is 10.8 Å². The van der Waals surface area contributed by atoms with Gasteiger partial charge in [-0.3, -0.25) is 9.59 Å². The number of benzene rings is 1. The molecule has 1 aromatic carbocycles. The lowest BCUT2D eigenvalue weighted by molar-refractivity contribution is -0.189. The lowest BCUT2D eigenvalue weighted by Crippen LogP contribution is -2.44. The van der Waals surface area contributed by atoms with E-state index in [1.54, 1.807) is 27.7 Å². The number of carbonyl (C=O) groups excluding carboxylic acids is 2. The Kier molecular flexibility index (Phi) is 10.3. The minimum Gasteiger partial charge on any atom is -0.462 e. The summed E-state index contributed by atoms with van der Waals surface area (Å²) in [5.74, 6) is -0.832. The Morgan fingerprint density at radius 2 is 1.77 bits per heavy atom. The van der Waals surface area contributed by atoms with Crippen LogP contribution in [0.3, 0.4) is 0 Å². The predicted octanol–water partition coefficient (Wildman–Crippen LogP) is 5.37. The van der Waals surface area contributed by atoms with Crippen LogP contribution in [-0.2, 0) is 35.0 Å². The van der Waals surface area contributed by atoms with Crippen LogP contribution < -0.4 is 0 Å². The molecule has 1 aliphatic heterocycles. The summed E-state index contributed by atoms with van der Waals surface area (Å²) in [6.45, 7) is 19.8. The molecule has 7 nitrogen and oxygen atoms in total. The van der Waals surface area contributed by atoms with Crippen LogP contribution in [0.15, 0.2) is 30.3 Å². The molecule has 194 valence electrons. The summed E-state index contributed by atoms with van der Waals surface area (Å²) < 4.78 is 22.1. The first-order valence-electron chi connectivity index (χ1n) is 12.5. The Bertz CT molecular complexity index is 875. The zero-order valence-corrected chi connectivity index (χ0v) is 22.1. The van der Waals surface area contributed by atoms with Crippen LogP contribution in [-0.4, -0.2) is 49.7 Å². The highest BCUT2D eigenvalue weighted by Gasteiger charge is 2.50. The fourth-order valence-electron chi connectivity index (χ4n) is 4.51. The molecular formula is C28H41NO6. The van der Waals surface area contributed by atoms with E-state index in [0.29, 0.717) is 26.1 Å². The number of carbonyl (C=O) groups is 2. The van der Waals surface area contributed by atoms with Crippen molar-refractivity contribution >= 4 is 11.9 Å². The van der Waals surface area contributed by atoms with E-state index in [1.165, 1.54) is 0 Å². The number of hydrogen-bond donors (Lipinski definition) is 0. The van der Waals surface area contributed by atoms with Gasteiger partial charge < -0.3 is 23.8 Å². The standard InChI is InChI=1S/C28H41NO6/c1-8-16-32-21(2)35-25(31)28(6,19-26(3,4)29-7)20-27(5,24(30)34-18-23-17-33-23)15-14-22-12-10-9-11-13-22/h9-13,21,23H,8,14-20H2,1-6H3. The highest BCUT2D eigenvalue weighted by molar-refractivity contribution is 5.81. The Morgan fingerprint density at radius 1 is 1.11 bits per heavy atom. The van der Waals surface area contributed by atoms with Crippen LogP contribution in [0.25, 0.3) is 4.85 Å². The van der Waals surface area contributed by atoms with Crippen molar-refractivity contribution in [3.05, 3.63) is 47.3 Å². The van der Waals surface area contributed by atoms with Gasteiger partial charge >= 0.3 is 11.9 Å². The topological polar surface area (TPSA) is 78.7 Å². The number of rotatable bonds is 15. The van der Waals surface area contributed by atoms with Crippen molar-refractivity contribution in [1.82, 2.24) is 0 Å². The van der Waals surface area contributed by atoms with Crippen molar-refractivity contribution in [3.8, 4) is 0 Å². The smallest absolute Gasteiger partial charge is 0.314 e. The summed E-state index contributed by atoms with van der Waals surface area (Å²) in [5.41, 5.74) is -1.78. The number of epoxide rings is 1. The minimum absolute atomic E-state index is 0.0497. The van der Waals surface area contributed by atoms with Crippen LogP contribution in [0.4, 0.5) is 0 Å². The maximum Gasteiger partial charge on any atom is 0.314 e. The van der Waals surface area contributed by atoms with E-state index in [9.17, 15) is 9.59 Å². The van der Waals surface area contributed by atoms with Gasteiger partial charge in [0.15, 0.2) is 6.29 Å². The summed E-state index contributed by atoms with van der Waals surface area (Å²) in [6.07, 6.45) is 1.61. The van der Waals surface area contributed by atoms with Gasteiger partial charge in [0.25, 0.3) is 0 Å². The van der Waals surface area contributed by atoms with E-state index >= 15 is 0 Å². The highest BCUT2D eigenvalue weighted by atomic mass is 16.7. The van der Waals surface area contributed by atoms with Crippen LogP contribution in [0.2, 0.25) is 0 Å². The third kappa shape index (κ3) is 9.27. The molecule has 0 spiro atoms. The van der Waals surface area contributed by atoms with Crippen molar-refractivity contribution in [3.63, 3.8) is 0 Å². The van der Waals surface area contributed by atoms with E-state index in [1.807, 2.05) is 44.2 Å². The summed E-state index contributed by atoms with van der Waals surface area (Å²) in [5, 5.41) is 0. The maximum atomic E-state index is 13.5. The fourth-order valence-corrected chi connectivity index (χ4v) is 4.51. The number of ether oxygens (including phenoxy) is 4. The molecule has 35 heavy (non-hydrogen) atoms. The third-order valence-electron chi connectivity index (χ3n) is 6.33. The first-order valence-corrected chi connectivity index (χ1v) is 12.5. The molecule has 0 aromatic heterocycles. The molecule has 4 unspecified atom stereocenters. The lowest BCUT2D eigenvalue weighted by Gasteiger charge is -2.38. The summed E-state index contributed by atoms with van der Waals surface area (Å²) >= 11 is 0. The van der Waals surface area contributed by atoms with E-state index in [4.69, 9.17) is 25.5 Å². The zero-order chi connectivity index (χ0) is 26.1. The van der Waals surface area contributed by atoms with Crippen molar-refractivity contribution < 1.29 is 28.5 Å². The molecule has 0 saturated carbocycles. The largest absolute Gasteiger partial charge is 0.462 e. The van der Waals surface area contributed by atoms with Crippen molar-refractivity contribution in [2.45, 2.75) is 91.6 Å². The second kappa shape index (κ2) is 12.5. The van der Waals surface area contributed by atoms with Gasteiger partial charge in [-0.15, -0.1) is 0 Å². The lowest BCUT2D eigenvalue weighted by atomic mass is 9.66. The normalized spacial score (nSPS) is 19.5.